The lowest BCUT2D eigenvalue weighted by molar-refractivity contribution is -0.121. The van der Waals surface area contributed by atoms with Crippen molar-refractivity contribution in [3.05, 3.63) is 29.8 Å². The van der Waals surface area contributed by atoms with Crippen molar-refractivity contribution in [3.63, 3.8) is 0 Å². The zero-order valence-electron chi connectivity index (χ0n) is 15.5. The van der Waals surface area contributed by atoms with Gasteiger partial charge >= 0.3 is 0 Å². The highest BCUT2D eigenvalue weighted by atomic mass is 32.2. The van der Waals surface area contributed by atoms with Crippen molar-refractivity contribution >= 4 is 21.7 Å². The highest BCUT2D eigenvalue weighted by Crippen LogP contribution is 2.13. The third-order valence-corrected chi connectivity index (χ3v) is 6.14. The Labute approximate surface area is 159 Å². The van der Waals surface area contributed by atoms with Crippen LogP contribution in [0.2, 0.25) is 0 Å². The van der Waals surface area contributed by atoms with Crippen LogP contribution in [0.1, 0.15) is 29.6 Å². The number of nitrogens with one attached hydrogen (secondary N) is 1. The molecule has 2 rings (SSSR count). The average Bonchev–Trinajstić information content (AvgIpc) is 2.68. The molecular formula is C18H26N2O6S. The highest BCUT2D eigenvalue weighted by Gasteiger charge is 2.23. The molecule has 150 valence electrons. The number of ketones is 1. The van der Waals surface area contributed by atoms with Crippen LogP contribution in [0.4, 0.5) is 0 Å². The largest absolute Gasteiger partial charge is 0.497 e. The van der Waals surface area contributed by atoms with Gasteiger partial charge in [-0.15, -0.1) is 0 Å². The van der Waals surface area contributed by atoms with Gasteiger partial charge < -0.3 is 14.8 Å². The van der Waals surface area contributed by atoms with Crippen molar-refractivity contribution < 1.29 is 27.5 Å². The van der Waals surface area contributed by atoms with Crippen LogP contribution in [-0.4, -0.2) is 70.1 Å². The lowest BCUT2D eigenvalue weighted by Crippen LogP contribution is -2.43. The maximum Gasteiger partial charge on any atom is 0.220 e. The molecule has 1 amide bonds. The van der Waals surface area contributed by atoms with E-state index in [0.717, 1.165) is 0 Å². The number of morpholine rings is 1. The molecule has 0 saturated carbocycles. The summed E-state index contributed by atoms with van der Waals surface area (Å²) in [5.41, 5.74) is 0.577. The van der Waals surface area contributed by atoms with Crippen molar-refractivity contribution in [2.24, 2.45) is 0 Å². The van der Waals surface area contributed by atoms with Crippen LogP contribution in [0.5, 0.6) is 5.75 Å². The third-order valence-electron chi connectivity index (χ3n) is 4.27. The van der Waals surface area contributed by atoms with E-state index in [0.29, 0.717) is 44.0 Å². The van der Waals surface area contributed by atoms with E-state index >= 15 is 0 Å². The summed E-state index contributed by atoms with van der Waals surface area (Å²) < 4.78 is 35.8. The van der Waals surface area contributed by atoms with Crippen molar-refractivity contribution in [1.29, 1.82) is 0 Å². The van der Waals surface area contributed by atoms with E-state index in [1.807, 2.05) is 0 Å². The third kappa shape index (κ3) is 6.93. The van der Waals surface area contributed by atoms with Gasteiger partial charge in [0.25, 0.3) is 0 Å². The molecule has 1 aromatic rings. The zero-order valence-corrected chi connectivity index (χ0v) is 16.3. The molecule has 1 N–H and O–H groups in total. The van der Waals surface area contributed by atoms with Crippen LogP contribution in [0, 0.1) is 0 Å². The number of carbonyl (C=O) groups is 2. The van der Waals surface area contributed by atoms with E-state index in [2.05, 4.69) is 5.32 Å². The number of methoxy groups -OCH3 is 1. The molecule has 0 aliphatic carbocycles. The smallest absolute Gasteiger partial charge is 0.220 e. The Morgan fingerprint density at radius 2 is 1.81 bits per heavy atom. The molecule has 0 unspecified atom stereocenters. The predicted octanol–water partition coefficient (Wildman–Crippen LogP) is 0.826. The van der Waals surface area contributed by atoms with Crippen molar-refractivity contribution in [2.45, 2.75) is 19.3 Å². The van der Waals surface area contributed by atoms with Crippen LogP contribution in [-0.2, 0) is 19.6 Å². The molecule has 0 atom stereocenters. The number of rotatable bonds is 10. The molecule has 8 nitrogen and oxygen atoms in total. The fourth-order valence-electron chi connectivity index (χ4n) is 2.69. The minimum Gasteiger partial charge on any atom is -0.497 e. The molecule has 1 saturated heterocycles. The Hall–Kier alpha value is -1.97. The molecule has 1 fully saturated rings. The zero-order chi connectivity index (χ0) is 19.7. The molecule has 1 aliphatic rings. The van der Waals surface area contributed by atoms with E-state index < -0.39 is 10.0 Å². The second-order valence-corrected chi connectivity index (χ2v) is 8.27. The molecular weight excluding hydrogens is 372 g/mol. The molecule has 27 heavy (non-hydrogen) atoms. The Bertz CT molecular complexity index is 727. The standard InChI is InChI=1S/C18H26N2O6S/c1-25-16-7-5-15(6-8-16)17(21)3-2-4-18(22)19-9-14-27(23,24)20-10-12-26-13-11-20/h5-8H,2-4,9-14H2,1H3,(H,19,22). The quantitative estimate of drug-likeness (QED) is 0.586. The van der Waals surface area contributed by atoms with Gasteiger partial charge in [-0.05, 0) is 30.7 Å². The summed E-state index contributed by atoms with van der Waals surface area (Å²) in [5.74, 6) is 0.247. The number of hydrogen-bond acceptors (Lipinski definition) is 6. The van der Waals surface area contributed by atoms with E-state index in [-0.39, 0.29) is 36.8 Å². The SMILES string of the molecule is COc1ccc(C(=O)CCCC(=O)NCCS(=O)(=O)N2CCOCC2)cc1. The summed E-state index contributed by atoms with van der Waals surface area (Å²) in [4.78, 5) is 23.9. The van der Waals surface area contributed by atoms with E-state index in [1.54, 1.807) is 31.4 Å². The summed E-state index contributed by atoms with van der Waals surface area (Å²) in [6.45, 7) is 1.56. The Kier molecular flexibility index (Phi) is 8.21. The van der Waals surface area contributed by atoms with E-state index in [9.17, 15) is 18.0 Å². The molecule has 1 aromatic carbocycles. The first kappa shape index (κ1) is 21.3. The number of nitrogens with zero attached hydrogens (tertiary/aromatic N) is 1. The van der Waals surface area contributed by atoms with Gasteiger partial charge in [0.05, 0.1) is 26.1 Å². The number of ether oxygens (including phenoxy) is 2. The van der Waals surface area contributed by atoms with Crippen LogP contribution in [0.15, 0.2) is 24.3 Å². The molecule has 1 aliphatic heterocycles. The summed E-state index contributed by atoms with van der Waals surface area (Å²) in [5, 5.41) is 2.60. The first-order chi connectivity index (χ1) is 12.9. The number of carbonyl (C=O) groups excluding carboxylic acids is 2. The summed E-state index contributed by atoms with van der Waals surface area (Å²) >= 11 is 0. The monoisotopic (exact) mass is 398 g/mol. The van der Waals surface area contributed by atoms with Gasteiger partial charge in [-0.1, -0.05) is 0 Å². The fourth-order valence-corrected chi connectivity index (χ4v) is 4.02. The maximum atomic E-state index is 12.1. The summed E-state index contributed by atoms with van der Waals surface area (Å²) in [6.07, 6.45) is 0.845. The molecule has 0 bridgehead atoms. The number of Topliss-reactive ketones (excluding diaryl/α,β-unsaturated/α-hetero) is 1. The number of hydrogen-bond donors (Lipinski definition) is 1. The second kappa shape index (κ2) is 10.4. The maximum absolute atomic E-state index is 12.1. The first-order valence-electron chi connectivity index (χ1n) is 8.92. The van der Waals surface area contributed by atoms with Gasteiger partial charge in [0.1, 0.15) is 5.75 Å². The van der Waals surface area contributed by atoms with E-state index in [1.165, 1.54) is 4.31 Å². The predicted molar refractivity (Wildman–Crippen MR) is 100 cm³/mol. The van der Waals surface area contributed by atoms with Gasteiger partial charge in [-0.3, -0.25) is 9.59 Å². The van der Waals surface area contributed by atoms with Crippen LogP contribution in [0.25, 0.3) is 0 Å². The van der Waals surface area contributed by atoms with Gasteiger partial charge in [0, 0.05) is 38.0 Å². The highest BCUT2D eigenvalue weighted by molar-refractivity contribution is 7.89. The number of amides is 1. The van der Waals surface area contributed by atoms with E-state index in [4.69, 9.17) is 9.47 Å². The molecule has 9 heteroatoms. The average molecular weight is 398 g/mol. The van der Waals surface area contributed by atoms with Crippen LogP contribution >= 0.6 is 0 Å². The first-order valence-corrected chi connectivity index (χ1v) is 10.5. The van der Waals surface area contributed by atoms with Crippen molar-refractivity contribution in [2.75, 3.05) is 45.7 Å². The van der Waals surface area contributed by atoms with Crippen molar-refractivity contribution in [3.8, 4) is 5.75 Å². The summed E-state index contributed by atoms with van der Waals surface area (Å²) in [6, 6.07) is 6.82. The minimum atomic E-state index is -3.38. The normalized spacial score (nSPS) is 15.3. The topological polar surface area (TPSA) is 102 Å². The second-order valence-electron chi connectivity index (χ2n) is 6.18. The van der Waals surface area contributed by atoms with Gasteiger partial charge in [-0.25, -0.2) is 8.42 Å². The Balaban J connectivity index is 1.64. The lowest BCUT2D eigenvalue weighted by atomic mass is 10.1. The summed E-state index contributed by atoms with van der Waals surface area (Å²) in [7, 11) is -1.82. The molecule has 0 radical (unpaired) electrons. The lowest BCUT2D eigenvalue weighted by Gasteiger charge is -2.26. The van der Waals surface area contributed by atoms with Gasteiger partial charge in [-0.2, -0.15) is 4.31 Å². The fraction of sp³-hybridized carbons (Fsp3) is 0.556. The van der Waals surface area contributed by atoms with Crippen LogP contribution in [0.3, 0.4) is 0 Å². The number of sulfonamides is 1. The molecule has 0 spiro atoms. The number of benzene rings is 1. The van der Waals surface area contributed by atoms with Crippen molar-refractivity contribution in [1.82, 2.24) is 9.62 Å². The Morgan fingerprint density at radius 3 is 2.44 bits per heavy atom. The molecule has 1 heterocycles. The Morgan fingerprint density at radius 1 is 1.15 bits per heavy atom. The minimum absolute atomic E-state index is 0.0413. The van der Waals surface area contributed by atoms with Gasteiger partial charge in [0.2, 0.25) is 15.9 Å². The van der Waals surface area contributed by atoms with Crippen LogP contribution < -0.4 is 10.1 Å². The van der Waals surface area contributed by atoms with Gasteiger partial charge in [0.15, 0.2) is 5.78 Å². The molecule has 0 aromatic heterocycles.